The van der Waals surface area contributed by atoms with Crippen LogP contribution in [0.15, 0.2) is 0 Å². The van der Waals surface area contributed by atoms with Crippen molar-refractivity contribution in [3.8, 4) is 0 Å². The van der Waals surface area contributed by atoms with Gasteiger partial charge < -0.3 is 0 Å². The van der Waals surface area contributed by atoms with E-state index >= 15 is 0 Å². The molecule has 1 unspecified atom stereocenters. The standard InChI is InChI=1S/C11H18O2/c1-3-10(13)11(8(2)12)9-6-4-5-7-9/h9,11H,3-7H2,1-2H3. The van der Waals surface area contributed by atoms with Crippen LogP contribution in [0, 0.1) is 11.8 Å². The van der Waals surface area contributed by atoms with E-state index in [0.717, 1.165) is 12.8 Å². The Labute approximate surface area is 79.7 Å². The lowest BCUT2D eigenvalue weighted by atomic mass is 9.83. The van der Waals surface area contributed by atoms with Gasteiger partial charge in [0.1, 0.15) is 11.6 Å². The summed E-state index contributed by atoms with van der Waals surface area (Å²) in [6, 6.07) is 0. The van der Waals surface area contributed by atoms with Gasteiger partial charge in [0.05, 0.1) is 5.92 Å². The molecule has 0 radical (unpaired) electrons. The van der Waals surface area contributed by atoms with Crippen LogP contribution in [0.5, 0.6) is 0 Å². The highest BCUT2D eigenvalue weighted by Crippen LogP contribution is 2.32. The van der Waals surface area contributed by atoms with Gasteiger partial charge in [-0.3, -0.25) is 9.59 Å². The number of hydrogen-bond acceptors (Lipinski definition) is 2. The van der Waals surface area contributed by atoms with E-state index in [1.807, 2.05) is 6.92 Å². The molecule has 1 aliphatic rings. The lowest BCUT2D eigenvalue weighted by Crippen LogP contribution is -2.28. The van der Waals surface area contributed by atoms with E-state index in [1.165, 1.54) is 12.8 Å². The summed E-state index contributed by atoms with van der Waals surface area (Å²) in [5.41, 5.74) is 0. The maximum absolute atomic E-state index is 11.5. The lowest BCUT2D eigenvalue weighted by Gasteiger charge is -2.18. The minimum atomic E-state index is -0.285. The zero-order chi connectivity index (χ0) is 9.84. The molecule has 0 heterocycles. The minimum Gasteiger partial charge on any atom is -0.299 e. The van der Waals surface area contributed by atoms with E-state index in [2.05, 4.69) is 0 Å². The van der Waals surface area contributed by atoms with Gasteiger partial charge in [0.15, 0.2) is 0 Å². The largest absolute Gasteiger partial charge is 0.299 e. The summed E-state index contributed by atoms with van der Waals surface area (Å²) in [6.07, 6.45) is 5.00. The summed E-state index contributed by atoms with van der Waals surface area (Å²) in [5.74, 6) is 0.274. The number of rotatable bonds is 4. The SMILES string of the molecule is CCC(=O)C(C(C)=O)C1CCCC1. The molecule has 0 saturated heterocycles. The number of carbonyl (C=O) groups excluding carboxylic acids is 2. The summed E-state index contributed by atoms with van der Waals surface area (Å²) in [4.78, 5) is 22.8. The Hall–Kier alpha value is -0.660. The maximum atomic E-state index is 11.5. The molecule has 0 aromatic rings. The molecule has 0 N–H and O–H groups in total. The van der Waals surface area contributed by atoms with E-state index in [1.54, 1.807) is 6.92 Å². The molecule has 1 atom stereocenters. The van der Waals surface area contributed by atoms with Crippen molar-refractivity contribution in [1.82, 2.24) is 0 Å². The van der Waals surface area contributed by atoms with Crippen LogP contribution in [-0.4, -0.2) is 11.6 Å². The smallest absolute Gasteiger partial charge is 0.143 e. The van der Waals surface area contributed by atoms with Crippen molar-refractivity contribution in [1.29, 1.82) is 0 Å². The second-order valence-corrected chi connectivity index (χ2v) is 3.95. The van der Waals surface area contributed by atoms with Gasteiger partial charge >= 0.3 is 0 Å². The Morgan fingerprint density at radius 2 is 1.85 bits per heavy atom. The van der Waals surface area contributed by atoms with E-state index in [0.29, 0.717) is 12.3 Å². The highest BCUT2D eigenvalue weighted by molar-refractivity contribution is 6.01. The highest BCUT2D eigenvalue weighted by atomic mass is 16.1. The molecule has 0 amide bonds. The zero-order valence-electron chi connectivity index (χ0n) is 8.51. The van der Waals surface area contributed by atoms with Crippen molar-refractivity contribution in [2.24, 2.45) is 11.8 Å². The Morgan fingerprint density at radius 1 is 1.31 bits per heavy atom. The van der Waals surface area contributed by atoms with Crippen LogP contribution in [0.3, 0.4) is 0 Å². The number of Topliss-reactive ketones (excluding diaryl/α,β-unsaturated/α-hetero) is 2. The fourth-order valence-corrected chi connectivity index (χ4v) is 2.33. The second-order valence-electron chi connectivity index (χ2n) is 3.95. The maximum Gasteiger partial charge on any atom is 0.143 e. The van der Waals surface area contributed by atoms with Gasteiger partial charge in [-0.2, -0.15) is 0 Å². The molecule has 2 nitrogen and oxygen atoms in total. The molecule has 2 heteroatoms. The Bertz CT molecular complexity index is 202. The van der Waals surface area contributed by atoms with Crippen LogP contribution in [0.2, 0.25) is 0 Å². The summed E-state index contributed by atoms with van der Waals surface area (Å²) >= 11 is 0. The molecule has 1 rings (SSSR count). The van der Waals surface area contributed by atoms with Crippen LogP contribution in [0.1, 0.15) is 46.0 Å². The van der Waals surface area contributed by atoms with Crippen molar-refractivity contribution >= 4 is 11.6 Å². The van der Waals surface area contributed by atoms with E-state index < -0.39 is 0 Å². The van der Waals surface area contributed by atoms with Crippen molar-refractivity contribution in [3.63, 3.8) is 0 Å². The Morgan fingerprint density at radius 3 is 2.23 bits per heavy atom. The van der Waals surface area contributed by atoms with Gasteiger partial charge in [-0.25, -0.2) is 0 Å². The van der Waals surface area contributed by atoms with Crippen LogP contribution >= 0.6 is 0 Å². The molecule has 0 aromatic heterocycles. The predicted octanol–water partition coefficient (Wildman–Crippen LogP) is 2.36. The van der Waals surface area contributed by atoms with Gasteiger partial charge in [-0.05, 0) is 25.7 Å². The normalized spacial score (nSPS) is 20.2. The van der Waals surface area contributed by atoms with Crippen molar-refractivity contribution in [3.05, 3.63) is 0 Å². The van der Waals surface area contributed by atoms with Gasteiger partial charge in [0, 0.05) is 6.42 Å². The first-order valence-electron chi connectivity index (χ1n) is 5.20. The second kappa shape index (κ2) is 4.54. The van der Waals surface area contributed by atoms with E-state index in [4.69, 9.17) is 0 Å². The number of carbonyl (C=O) groups is 2. The van der Waals surface area contributed by atoms with Crippen LogP contribution in [0.25, 0.3) is 0 Å². The first-order valence-corrected chi connectivity index (χ1v) is 5.20. The van der Waals surface area contributed by atoms with Crippen molar-refractivity contribution in [2.45, 2.75) is 46.0 Å². The molecule has 13 heavy (non-hydrogen) atoms. The zero-order valence-corrected chi connectivity index (χ0v) is 8.51. The lowest BCUT2D eigenvalue weighted by molar-refractivity contribution is -0.133. The third kappa shape index (κ3) is 2.39. The molecule has 0 aliphatic heterocycles. The average Bonchev–Trinajstić information content (AvgIpc) is 2.56. The molecule has 0 aromatic carbocycles. The van der Waals surface area contributed by atoms with Gasteiger partial charge in [-0.15, -0.1) is 0 Å². The van der Waals surface area contributed by atoms with Gasteiger partial charge in [0.25, 0.3) is 0 Å². The summed E-state index contributed by atoms with van der Waals surface area (Å²) in [7, 11) is 0. The topological polar surface area (TPSA) is 34.1 Å². The number of ketones is 2. The average molecular weight is 182 g/mol. The van der Waals surface area contributed by atoms with E-state index in [9.17, 15) is 9.59 Å². The Kier molecular flexibility index (Phi) is 3.64. The van der Waals surface area contributed by atoms with E-state index in [-0.39, 0.29) is 17.5 Å². The number of hydrogen-bond donors (Lipinski definition) is 0. The molecular weight excluding hydrogens is 164 g/mol. The van der Waals surface area contributed by atoms with Crippen LogP contribution in [0.4, 0.5) is 0 Å². The van der Waals surface area contributed by atoms with Crippen molar-refractivity contribution in [2.75, 3.05) is 0 Å². The third-order valence-electron chi connectivity index (χ3n) is 3.00. The quantitative estimate of drug-likeness (QED) is 0.625. The predicted molar refractivity (Wildman–Crippen MR) is 51.4 cm³/mol. The first kappa shape index (κ1) is 10.4. The Balaban J connectivity index is 2.66. The molecular formula is C11H18O2. The van der Waals surface area contributed by atoms with Crippen LogP contribution < -0.4 is 0 Å². The third-order valence-corrected chi connectivity index (χ3v) is 3.00. The fourth-order valence-electron chi connectivity index (χ4n) is 2.33. The monoisotopic (exact) mass is 182 g/mol. The molecule has 0 spiro atoms. The summed E-state index contributed by atoms with van der Waals surface area (Å²) in [6.45, 7) is 3.39. The molecule has 1 fully saturated rings. The van der Waals surface area contributed by atoms with Gasteiger partial charge in [0.2, 0.25) is 0 Å². The molecule has 1 aliphatic carbocycles. The first-order chi connectivity index (χ1) is 6.16. The van der Waals surface area contributed by atoms with Crippen LogP contribution in [-0.2, 0) is 9.59 Å². The minimum absolute atomic E-state index is 0.0683. The van der Waals surface area contributed by atoms with Crippen molar-refractivity contribution < 1.29 is 9.59 Å². The summed E-state index contributed by atoms with van der Waals surface area (Å²) < 4.78 is 0. The summed E-state index contributed by atoms with van der Waals surface area (Å²) in [5, 5.41) is 0. The molecule has 1 saturated carbocycles. The fraction of sp³-hybridized carbons (Fsp3) is 0.818. The molecule has 0 bridgehead atoms. The molecule has 74 valence electrons. The van der Waals surface area contributed by atoms with Gasteiger partial charge in [-0.1, -0.05) is 19.8 Å². The highest BCUT2D eigenvalue weighted by Gasteiger charge is 2.32.